The molecule has 1 fully saturated rings. The molecule has 3 heterocycles. The highest BCUT2D eigenvalue weighted by Gasteiger charge is 2.28. The molecule has 1 saturated heterocycles. The van der Waals surface area contributed by atoms with Gasteiger partial charge in [-0.25, -0.2) is 4.98 Å². The van der Waals surface area contributed by atoms with Crippen molar-refractivity contribution in [2.24, 2.45) is 0 Å². The number of hydrogen-bond acceptors (Lipinski definition) is 7. The molecule has 3 aromatic rings. The Hall–Kier alpha value is -2.59. The molecule has 0 radical (unpaired) electrons. The van der Waals surface area contributed by atoms with Gasteiger partial charge in [0.2, 0.25) is 5.91 Å². The fraction of sp³-hybridized carbons (Fsp3) is 0.375. The van der Waals surface area contributed by atoms with Crippen molar-refractivity contribution in [2.45, 2.75) is 20.4 Å². The lowest BCUT2D eigenvalue weighted by molar-refractivity contribution is -0.117. The van der Waals surface area contributed by atoms with E-state index in [1.807, 2.05) is 62.3 Å². The summed E-state index contributed by atoms with van der Waals surface area (Å²) >= 11 is 3.09. The third-order valence-electron chi connectivity index (χ3n) is 5.46. The van der Waals surface area contributed by atoms with Crippen LogP contribution in [-0.4, -0.2) is 66.5 Å². The minimum absolute atomic E-state index is 0.0574. The number of carbonyl (C=O) groups is 2. The second kappa shape index (κ2) is 10.6. The van der Waals surface area contributed by atoms with Gasteiger partial charge in [-0.05, 0) is 32.0 Å². The van der Waals surface area contributed by atoms with Gasteiger partial charge in [-0.1, -0.05) is 30.3 Å². The van der Waals surface area contributed by atoms with Gasteiger partial charge in [0.1, 0.15) is 5.00 Å². The van der Waals surface area contributed by atoms with Crippen molar-refractivity contribution in [3.63, 3.8) is 0 Å². The van der Waals surface area contributed by atoms with Gasteiger partial charge < -0.3 is 15.0 Å². The van der Waals surface area contributed by atoms with Crippen molar-refractivity contribution in [3.05, 3.63) is 57.5 Å². The van der Waals surface area contributed by atoms with Crippen LogP contribution in [0.2, 0.25) is 0 Å². The highest BCUT2D eigenvalue weighted by atomic mass is 32.1. The lowest BCUT2D eigenvalue weighted by Gasteiger charge is -2.27. The molecule has 2 amide bonds. The van der Waals surface area contributed by atoms with Crippen molar-refractivity contribution in [2.75, 3.05) is 45.2 Å². The number of rotatable bonds is 7. The zero-order valence-corrected chi connectivity index (χ0v) is 20.7. The van der Waals surface area contributed by atoms with Crippen LogP contribution in [0.1, 0.15) is 25.8 Å². The van der Waals surface area contributed by atoms with E-state index in [2.05, 4.69) is 10.3 Å². The third kappa shape index (κ3) is 5.67. The Kier molecular flexibility index (Phi) is 7.54. The fourth-order valence-corrected chi connectivity index (χ4v) is 5.96. The summed E-state index contributed by atoms with van der Waals surface area (Å²) in [5, 5.41) is 4.65. The van der Waals surface area contributed by atoms with Gasteiger partial charge in [0, 0.05) is 35.6 Å². The van der Waals surface area contributed by atoms with E-state index in [4.69, 9.17) is 4.74 Å². The van der Waals surface area contributed by atoms with Crippen LogP contribution in [0.5, 0.6) is 0 Å². The molecule has 0 saturated carbocycles. The molecule has 0 spiro atoms. The molecule has 2 aromatic heterocycles. The number of anilines is 1. The number of hydrogen-bond donors (Lipinski definition) is 1. The lowest BCUT2D eigenvalue weighted by atomic mass is 10.1. The molecule has 1 aliphatic heterocycles. The number of likely N-dealkylation sites (N-methyl/N-ethyl adjacent to an activating group) is 1. The Morgan fingerprint density at radius 3 is 2.55 bits per heavy atom. The first-order chi connectivity index (χ1) is 15.9. The summed E-state index contributed by atoms with van der Waals surface area (Å²) in [5.74, 6) is -0.200. The van der Waals surface area contributed by atoms with Gasteiger partial charge in [-0.15, -0.1) is 22.7 Å². The minimum atomic E-state index is -0.143. The van der Waals surface area contributed by atoms with Crippen LogP contribution in [-0.2, 0) is 16.1 Å². The number of morpholine rings is 1. The van der Waals surface area contributed by atoms with Crippen molar-refractivity contribution in [3.8, 4) is 10.4 Å². The largest absolute Gasteiger partial charge is 0.378 e. The quantitative estimate of drug-likeness (QED) is 0.548. The van der Waals surface area contributed by atoms with Crippen molar-refractivity contribution in [1.82, 2.24) is 14.8 Å². The third-order valence-corrected chi connectivity index (χ3v) is 7.61. The van der Waals surface area contributed by atoms with E-state index in [1.54, 1.807) is 16.2 Å². The molecule has 7 nitrogen and oxygen atoms in total. The number of thiophene rings is 1. The molecule has 1 aliphatic rings. The van der Waals surface area contributed by atoms with Gasteiger partial charge in [0.15, 0.2) is 0 Å². The second-order valence-corrected chi connectivity index (χ2v) is 10.4. The molecule has 9 heteroatoms. The molecule has 0 bridgehead atoms. The molecule has 33 heavy (non-hydrogen) atoms. The number of carbonyl (C=O) groups excluding carboxylic acids is 2. The molecular weight excluding hydrogens is 456 g/mol. The normalized spacial score (nSPS) is 14.0. The van der Waals surface area contributed by atoms with E-state index in [0.717, 1.165) is 25.9 Å². The second-order valence-electron chi connectivity index (χ2n) is 8.10. The standard InChI is InChI=1S/C24H28N4O3S2/c1-16-21(24(30)28-9-11-31-12-10-28)23(33-22(16)18-7-5-4-6-8-18)26-20(29)15-27(3)14-19-13-25-17(2)32-19/h4-8,13H,9-12,14-15H2,1-3H3,(H,26,29). The Morgan fingerprint density at radius 2 is 1.88 bits per heavy atom. The average Bonchev–Trinajstić information content (AvgIpc) is 3.36. The number of benzene rings is 1. The van der Waals surface area contributed by atoms with Crippen LogP contribution in [0.15, 0.2) is 36.5 Å². The predicted octanol–water partition coefficient (Wildman–Crippen LogP) is 4.03. The number of ether oxygens (including phenoxy) is 1. The Balaban J connectivity index is 1.56. The SMILES string of the molecule is Cc1ncc(CN(C)CC(=O)Nc2sc(-c3ccccc3)c(C)c2C(=O)N2CCOCC2)s1. The van der Waals surface area contributed by atoms with E-state index in [-0.39, 0.29) is 18.4 Å². The number of nitrogens with one attached hydrogen (secondary N) is 1. The van der Waals surface area contributed by atoms with E-state index in [9.17, 15) is 9.59 Å². The van der Waals surface area contributed by atoms with E-state index < -0.39 is 0 Å². The number of aryl methyl sites for hydroxylation is 1. The minimum Gasteiger partial charge on any atom is -0.378 e. The van der Waals surface area contributed by atoms with Crippen LogP contribution in [0.4, 0.5) is 5.00 Å². The maximum atomic E-state index is 13.4. The first-order valence-corrected chi connectivity index (χ1v) is 12.5. The van der Waals surface area contributed by atoms with E-state index >= 15 is 0 Å². The van der Waals surface area contributed by atoms with Crippen LogP contribution >= 0.6 is 22.7 Å². The van der Waals surface area contributed by atoms with Gasteiger partial charge in [0.05, 0.1) is 30.3 Å². The predicted molar refractivity (Wildman–Crippen MR) is 133 cm³/mol. The van der Waals surface area contributed by atoms with Gasteiger partial charge in [-0.3, -0.25) is 14.5 Å². The topological polar surface area (TPSA) is 74.8 Å². The summed E-state index contributed by atoms with van der Waals surface area (Å²) in [6.07, 6.45) is 1.85. The first kappa shape index (κ1) is 23.6. The fourth-order valence-electron chi connectivity index (χ4n) is 3.86. The number of nitrogens with zero attached hydrogens (tertiary/aromatic N) is 3. The molecule has 0 unspecified atom stereocenters. The zero-order valence-electron chi connectivity index (χ0n) is 19.1. The summed E-state index contributed by atoms with van der Waals surface area (Å²) in [6.45, 7) is 6.97. The molecular formula is C24H28N4O3S2. The summed E-state index contributed by atoms with van der Waals surface area (Å²) in [4.78, 5) is 36.5. The maximum absolute atomic E-state index is 13.4. The Bertz CT molecular complexity index is 1120. The van der Waals surface area contributed by atoms with E-state index in [1.165, 1.54) is 11.3 Å². The first-order valence-electron chi connectivity index (χ1n) is 10.9. The summed E-state index contributed by atoms with van der Waals surface area (Å²) < 4.78 is 5.41. The number of amides is 2. The summed E-state index contributed by atoms with van der Waals surface area (Å²) in [6, 6.07) is 9.98. The van der Waals surface area contributed by atoms with Gasteiger partial charge in [0.25, 0.3) is 5.91 Å². The summed E-state index contributed by atoms with van der Waals surface area (Å²) in [7, 11) is 1.91. The zero-order chi connectivity index (χ0) is 23.4. The lowest BCUT2D eigenvalue weighted by Crippen LogP contribution is -2.41. The van der Waals surface area contributed by atoms with Crippen LogP contribution < -0.4 is 5.32 Å². The highest BCUT2D eigenvalue weighted by molar-refractivity contribution is 7.20. The Labute approximate surface area is 202 Å². The molecule has 174 valence electrons. The van der Waals surface area contributed by atoms with Crippen molar-refractivity contribution in [1.29, 1.82) is 0 Å². The molecule has 1 aromatic carbocycles. The Morgan fingerprint density at radius 1 is 1.15 bits per heavy atom. The maximum Gasteiger partial charge on any atom is 0.257 e. The highest BCUT2D eigenvalue weighted by Crippen LogP contribution is 2.40. The van der Waals surface area contributed by atoms with Crippen LogP contribution in [0.3, 0.4) is 0 Å². The number of aromatic nitrogens is 1. The molecule has 0 atom stereocenters. The molecule has 1 N–H and O–H groups in total. The van der Waals surface area contributed by atoms with Crippen LogP contribution in [0, 0.1) is 13.8 Å². The van der Waals surface area contributed by atoms with E-state index in [0.29, 0.717) is 43.4 Å². The average molecular weight is 485 g/mol. The van der Waals surface area contributed by atoms with Crippen molar-refractivity contribution < 1.29 is 14.3 Å². The van der Waals surface area contributed by atoms with Crippen LogP contribution in [0.25, 0.3) is 10.4 Å². The number of thiazole rings is 1. The smallest absolute Gasteiger partial charge is 0.257 e. The molecule has 0 aliphatic carbocycles. The summed E-state index contributed by atoms with van der Waals surface area (Å²) in [5.41, 5.74) is 2.51. The monoisotopic (exact) mass is 484 g/mol. The van der Waals surface area contributed by atoms with Gasteiger partial charge >= 0.3 is 0 Å². The van der Waals surface area contributed by atoms with Gasteiger partial charge in [-0.2, -0.15) is 0 Å². The molecule has 4 rings (SSSR count). The van der Waals surface area contributed by atoms with Crippen molar-refractivity contribution >= 4 is 39.5 Å².